The molecule has 3 rings (SSSR count). The number of amides is 1. The lowest BCUT2D eigenvalue weighted by Crippen LogP contribution is -2.36. The van der Waals surface area contributed by atoms with Gasteiger partial charge in [0.1, 0.15) is 5.82 Å². The van der Waals surface area contributed by atoms with Crippen LogP contribution in [0.5, 0.6) is 0 Å². The number of hydrogen-bond acceptors (Lipinski definition) is 3. The number of carbonyl (C=O) groups is 1. The first-order valence-corrected chi connectivity index (χ1v) is 11.3. The SMILES string of the molecule is CCN(CC)S(=O)(=O)c1ccc(F)c(C(=O)N2CCCc3cc(C(F)(F)F)ccc32)c1. The van der Waals surface area contributed by atoms with Gasteiger partial charge in [0, 0.05) is 25.3 Å². The first-order valence-electron chi connectivity index (χ1n) is 9.82. The summed E-state index contributed by atoms with van der Waals surface area (Å²) in [5.41, 5.74) is -0.664. The summed E-state index contributed by atoms with van der Waals surface area (Å²) in [6.45, 7) is 3.93. The summed E-state index contributed by atoms with van der Waals surface area (Å²) >= 11 is 0. The van der Waals surface area contributed by atoms with Crippen molar-refractivity contribution in [2.24, 2.45) is 0 Å². The van der Waals surface area contributed by atoms with E-state index >= 15 is 0 Å². The summed E-state index contributed by atoms with van der Waals surface area (Å²) in [6, 6.07) is 6.07. The van der Waals surface area contributed by atoms with Gasteiger partial charge in [0.25, 0.3) is 5.91 Å². The highest BCUT2D eigenvalue weighted by atomic mass is 32.2. The Hall–Kier alpha value is -2.46. The van der Waals surface area contributed by atoms with E-state index in [4.69, 9.17) is 0 Å². The van der Waals surface area contributed by atoms with Crippen molar-refractivity contribution in [2.45, 2.75) is 37.8 Å². The van der Waals surface area contributed by atoms with Gasteiger partial charge in [0.2, 0.25) is 10.0 Å². The van der Waals surface area contributed by atoms with E-state index in [9.17, 15) is 30.8 Å². The maximum Gasteiger partial charge on any atom is 0.416 e. The summed E-state index contributed by atoms with van der Waals surface area (Å²) in [4.78, 5) is 14.1. The number of sulfonamides is 1. The average molecular weight is 458 g/mol. The average Bonchev–Trinajstić information content (AvgIpc) is 2.72. The van der Waals surface area contributed by atoms with Gasteiger partial charge in [-0.05, 0) is 54.8 Å². The van der Waals surface area contributed by atoms with Crippen molar-refractivity contribution in [1.82, 2.24) is 4.31 Å². The van der Waals surface area contributed by atoms with Gasteiger partial charge in [-0.25, -0.2) is 12.8 Å². The van der Waals surface area contributed by atoms with Crippen molar-refractivity contribution in [3.63, 3.8) is 0 Å². The first kappa shape index (κ1) is 23.2. The van der Waals surface area contributed by atoms with Gasteiger partial charge >= 0.3 is 6.18 Å². The largest absolute Gasteiger partial charge is 0.416 e. The predicted molar refractivity (Wildman–Crippen MR) is 108 cm³/mol. The zero-order chi connectivity index (χ0) is 23.0. The summed E-state index contributed by atoms with van der Waals surface area (Å²) < 4.78 is 80.3. The summed E-state index contributed by atoms with van der Waals surface area (Å²) in [6.07, 6.45) is -3.76. The number of hydrogen-bond donors (Lipinski definition) is 0. The maximum atomic E-state index is 14.5. The molecule has 0 saturated carbocycles. The second-order valence-corrected chi connectivity index (χ2v) is 9.07. The zero-order valence-electron chi connectivity index (χ0n) is 17.0. The van der Waals surface area contributed by atoms with Gasteiger partial charge in [0.15, 0.2) is 0 Å². The van der Waals surface area contributed by atoms with Crippen LogP contribution in [0.25, 0.3) is 0 Å². The van der Waals surface area contributed by atoms with Crippen molar-refractivity contribution < 1.29 is 30.8 Å². The fourth-order valence-electron chi connectivity index (χ4n) is 3.67. The number of carbonyl (C=O) groups excluding carboxylic acids is 1. The third kappa shape index (κ3) is 4.45. The van der Waals surface area contributed by atoms with E-state index in [0.717, 1.165) is 30.3 Å². The molecule has 1 aliphatic rings. The van der Waals surface area contributed by atoms with Gasteiger partial charge in [-0.3, -0.25) is 4.79 Å². The standard InChI is InChI=1S/C21H22F4N2O3S/c1-3-26(4-2)31(29,30)16-8-9-18(22)17(13-16)20(28)27-11-5-6-14-12-15(21(23,24)25)7-10-19(14)27/h7-10,12-13H,3-6,11H2,1-2H3. The zero-order valence-corrected chi connectivity index (χ0v) is 17.9. The number of alkyl halides is 3. The lowest BCUT2D eigenvalue weighted by molar-refractivity contribution is -0.137. The van der Waals surface area contributed by atoms with Crippen LogP contribution in [-0.2, 0) is 22.6 Å². The highest BCUT2D eigenvalue weighted by Gasteiger charge is 2.33. The third-order valence-electron chi connectivity index (χ3n) is 5.28. The van der Waals surface area contributed by atoms with Crippen molar-refractivity contribution in [3.05, 3.63) is 58.9 Å². The Bertz CT molecular complexity index is 1100. The van der Waals surface area contributed by atoms with E-state index in [0.29, 0.717) is 18.4 Å². The molecule has 10 heteroatoms. The number of rotatable bonds is 5. The molecule has 2 aromatic rings. The van der Waals surface area contributed by atoms with E-state index in [1.54, 1.807) is 13.8 Å². The fourth-order valence-corrected chi connectivity index (χ4v) is 5.16. The molecule has 168 valence electrons. The van der Waals surface area contributed by atoms with Crippen LogP contribution in [-0.4, -0.2) is 38.3 Å². The molecule has 0 unspecified atom stereocenters. The highest BCUT2D eigenvalue weighted by Crippen LogP contribution is 2.36. The molecular weight excluding hydrogens is 436 g/mol. The second kappa shape index (κ2) is 8.58. The monoisotopic (exact) mass is 458 g/mol. The lowest BCUT2D eigenvalue weighted by Gasteiger charge is -2.30. The predicted octanol–water partition coefficient (Wildman–Crippen LogP) is 4.47. The van der Waals surface area contributed by atoms with Crippen LogP contribution in [0.4, 0.5) is 23.2 Å². The molecule has 0 saturated heterocycles. The molecule has 1 heterocycles. The Balaban J connectivity index is 2.02. The number of halogens is 4. The minimum atomic E-state index is -4.51. The maximum absolute atomic E-state index is 14.5. The van der Waals surface area contributed by atoms with Gasteiger partial charge in [0.05, 0.1) is 16.0 Å². The van der Waals surface area contributed by atoms with E-state index in [1.165, 1.54) is 15.3 Å². The second-order valence-electron chi connectivity index (χ2n) is 7.13. The normalized spacial score (nSPS) is 14.6. The number of aryl methyl sites for hydroxylation is 1. The Kier molecular flexibility index (Phi) is 6.43. The van der Waals surface area contributed by atoms with Crippen molar-refractivity contribution >= 4 is 21.6 Å². The molecule has 0 radical (unpaired) electrons. The van der Waals surface area contributed by atoms with Crippen LogP contribution < -0.4 is 4.90 Å². The quantitative estimate of drug-likeness (QED) is 0.622. The van der Waals surface area contributed by atoms with Crippen molar-refractivity contribution in [1.29, 1.82) is 0 Å². The van der Waals surface area contributed by atoms with Crippen LogP contribution in [0.3, 0.4) is 0 Å². The Morgan fingerprint density at radius 3 is 2.39 bits per heavy atom. The van der Waals surface area contributed by atoms with Crippen LogP contribution >= 0.6 is 0 Å². The molecule has 0 N–H and O–H groups in total. The van der Waals surface area contributed by atoms with Crippen LogP contribution in [0.1, 0.15) is 41.8 Å². The van der Waals surface area contributed by atoms with E-state index in [1.807, 2.05) is 0 Å². The molecule has 0 fully saturated rings. The number of nitrogens with zero attached hydrogens (tertiary/aromatic N) is 2. The summed E-state index contributed by atoms with van der Waals surface area (Å²) in [5, 5.41) is 0. The van der Waals surface area contributed by atoms with E-state index in [-0.39, 0.29) is 30.2 Å². The van der Waals surface area contributed by atoms with Crippen molar-refractivity contribution in [2.75, 3.05) is 24.5 Å². The van der Waals surface area contributed by atoms with E-state index in [2.05, 4.69) is 0 Å². The number of benzene rings is 2. The third-order valence-corrected chi connectivity index (χ3v) is 7.33. The number of anilines is 1. The molecule has 0 aromatic heterocycles. The number of fused-ring (bicyclic) bond motifs is 1. The molecule has 0 spiro atoms. The molecule has 5 nitrogen and oxygen atoms in total. The molecule has 31 heavy (non-hydrogen) atoms. The van der Waals surface area contributed by atoms with Crippen LogP contribution in [0.2, 0.25) is 0 Å². The van der Waals surface area contributed by atoms with Crippen molar-refractivity contribution in [3.8, 4) is 0 Å². The molecule has 0 atom stereocenters. The molecular formula is C21H22F4N2O3S. The Labute approximate surface area is 178 Å². The molecule has 1 aliphatic heterocycles. The summed E-state index contributed by atoms with van der Waals surface area (Å²) in [5.74, 6) is -1.70. The Morgan fingerprint density at radius 2 is 1.77 bits per heavy atom. The highest BCUT2D eigenvalue weighted by molar-refractivity contribution is 7.89. The minimum Gasteiger partial charge on any atom is -0.308 e. The fraction of sp³-hybridized carbons (Fsp3) is 0.381. The van der Waals surface area contributed by atoms with Crippen LogP contribution in [0.15, 0.2) is 41.3 Å². The molecule has 2 aromatic carbocycles. The van der Waals surface area contributed by atoms with Gasteiger partial charge in [-0.2, -0.15) is 17.5 Å². The minimum absolute atomic E-state index is 0.184. The first-order chi connectivity index (χ1) is 14.5. The topological polar surface area (TPSA) is 57.7 Å². The van der Waals surface area contributed by atoms with Gasteiger partial charge < -0.3 is 4.90 Å². The smallest absolute Gasteiger partial charge is 0.308 e. The van der Waals surface area contributed by atoms with Gasteiger partial charge in [-0.15, -0.1) is 0 Å². The Morgan fingerprint density at radius 1 is 1.10 bits per heavy atom. The van der Waals surface area contributed by atoms with Crippen LogP contribution in [0, 0.1) is 5.82 Å². The van der Waals surface area contributed by atoms with Gasteiger partial charge in [-0.1, -0.05) is 13.8 Å². The molecule has 0 bridgehead atoms. The summed E-state index contributed by atoms with van der Waals surface area (Å²) in [7, 11) is -3.92. The van der Waals surface area contributed by atoms with E-state index < -0.39 is 39.1 Å². The lowest BCUT2D eigenvalue weighted by atomic mass is 9.98. The molecule has 0 aliphatic carbocycles. The molecule has 1 amide bonds.